The number of Topliss-reactive ketones (excluding diaryl/α,β-unsaturated/α-hetero) is 1. The second-order valence-electron chi connectivity index (χ2n) is 4.42. The molecule has 0 saturated heterocycles. The Morgan fingerprint density at radius 1 is 1.24 bits per heavy atom. The van der Waals surface area contributed by atoms with Gasteiger partial charge < -0.3 is 4.57 Å². The maximum Gasteiger partial charge on any atom is 0.293 e. The van der Waals surface area contributed by atoms with E-state index in [1.807, 2.05) is 0 Å². The van der Waals surface area contributed by atoms with Gasteiger partial charge in [-0.3, -0.25) is 14.9 Å². The second kappa shape index (κ2) is 5.49. The van der Waals surface area contributed by atoms with Crippen molar-refractivity contribution in [2.45, 2.75) is 11.9 Å². The number of carbonyl (C=O) groups is 1. The van der Waals surface area contributed by atoms with Crippen LogP contribution in [0.4, 0.5) is 5.69 Å². The van der Waals surface area contributed by atoms with E-state index >= 15 is 0 Å². The van der Waals surface area contributed by atoms with Gasteiger partial charge in [0.2, 0.25) is 9.84 Å². The predicted octanol–water partition coefficient (Wildman–Crippen LogP) is 1.75. The summed E-state index contributed by atoms with van der Waals surface area (Å²) in [6.45, 7) is 1.18. The third-order valence-corrected chi connectivity index (χ3v) is 4.52. The number of sulfone groups is 1. The van der Waals surface area contributed by atoms with Gasteiger partial charge in [-0.15, -0.1) is 0 Å². The first kappa shape index (κ1) is 14.9. The third kappa shape index (κ3) is 3.00. The molecule has 0 atom stereocenters. The van der Waals surface area contributed by atoms with Gasteiger partial charge in [0, 0.05) is 12.3 Å². The molecule has 1 heterocycles. The van der Waals surface area contributed by atoms with Crippen LogP contribution in [0.3, 0.4) is 0 Å². The molecular formula is C13H12N2O5S. The number of para-hydroxylation sites is 2. The molecule has 8 heteroatoms. The highest BCUT2D eigenvalue weighted by atomic mass is 32.2. The molecule has 0 aliphatic carbocycles. The van der Waals surface area contributed by atoms with Crippen molar-refractivity contribution in [3.8, 4) is 5.69 Å². The van der Waals surface area contributed by atoms with E-state index in [4.69, 9.17) is 0 Å². The Labute approximate surface area is 120 Å². The summed E-state index contributed by atoms with van der Waals surface area (Å²) in [6.07, 6.45) is 1.41. The van der Waals surface area contributed by atoms with Crippen LogP contribution in [-0.2, 0) is 14.6 Å². The Bertz CT molecular complexity index is 807. The van der Waals surface area contributed by atoms with E-state index in [-0.39, 0.29) is 16.4 Å². The Morgan fingerprint density at radius 3 is 2.52 bits per heavy atom. The minimum Gasteiger partial charge on any atom is -0.302 e. The summed E-state index contributed by atoms with van der Waals surface area (Å²) < 4.78 is 25.5. The Kier molecular flexibility index (Phi) is 3.90. The number of rotatable bonds is 5. The van der Waals surface area contributed by atoms with E-state index in [0.29, 0.717) is 0 Å². The van der Waals surface area contributed by atoms with E-state index in [1.165, 1.54) is 48.0 Å². The molecule has 7 nitrogen and oxygen atoms in total. The number of carbonyl (C=O) groups excluding carboxylic acids is 1. The number of hydrogen-bond donors (Lipinski definition) is 0. The van der Waals surface area contributed by atoms with Crippen molar-refractivity contribution in [3.63, 3.8) is 0 Å². The van der Waals surface area contributed by atoms with E-state index < -0.39 is 26.3 Å². The maximum atomic E-state index is 12.2. The predicted molar refractivity (Wildman–Crippen MR) is 75.2 cm³/mol. The highest BCUT2D eigenvalue weighted by Gasteiger charge is 2.24. The van der Waals surface area contributed by atoms with Crippen LogP contribution in [-0.4, -0.2) is 29.4 Å². The second-order valence-corrected chi connectivity index (χ2v) is 6.36. The molecule has 0 radical (unpaired) electrons. The summed E-state index contributed by atoms with van der Waals surface area (Å²) in [7, 11) is -3.85. The SMILES string of the molecule is CC(=O)CS(=O)(=O)c1cccn1-c1ccccc1[N+](=O)[O-]. The van der Waals surface area contributed by atoms with Gasteiger partial charge in [0.05, 0.1) is 4.92 Å². The van der Waals surface area contributed by atoms with Crippen LogP contribution in [0, 0.1) is 10.1 Å². The molecule has 1 aromatic heterocycles. The Balaban J connectivity index is 2.62. The van der Waals surface area contributed by atoms with Gasteiger partial charge in [0.25, 0.3) is 5.69 Å². The largest absolute Gasteiger partial charge is 0.302 e. The van der Waals surface area contributed by atoms with Crippen molar-refractivity contribution in [1.82, 2.24) is 4.57 Å². The number of hydrogen-bond acceptors (Lipinski definition) is 5. The molecule has 21 heavy (non-hydrogen) atoms. The first-order valence-electron chi connectivity index (χ1n) is 5.96. The molecule has 2 aromatic rings. The van der Waals surface area contributed by atoms with Gasteiger partial charge in [-0.25, -0.2) is 8.42 Å². The van der Waals surface area contributed by atoms with Gasteiger partial charge in [0.15, 0.2) is 0 Å². The fraction of sp³-hybridized carbons (Fsp3) is 0.154. The van der Waals surface area contributed by atoms with Crippen molar-refractivity contribution < 1.29 is 18.1 Å². The van der Waals surface area contributed by atoms with Crippen molar-refractivity contribution in [3.05, 3.63) is 52.7 Å². The molecule has 0 saturated carbocycles. The van der Waals surface area contributed by atoms with Crippen molar-refractivity contribution in [2.24, 2.45) is 0 Å². The highest BCUT2D eigenvalue weighted by Crippen LogP contribution is 2.26. The summed E-state index contributed by atoms with van der Waals surface area (Å²) in [5, 5.41) is 10.9. The lowest BCUT2D eigenvalue weighted by atomic mass is 10.2. The fourth-order valence-corrected chi connectivity index (χ4v) is 3.41. The number of benzene rings is 1. The molecule has 110 valence electrons. The molecule has 0 aliphatic rings. The molecule has 0 unspecified atom stereocenters. The van der Waals surface area contributed by atoms with Crippen LogP contribution in [0.5, 0.6) is 0 Å². The van der Waals surface area contributed by atoms with Crippen LogP contribution < -0.4 is 0 Å². The third-order valence-electron chi connectivity index (χ3n) is 2.76. The first-order chi connectivity index (χ1) is 9.83. The topological polar surface area (TPSA) is 99.3 Å². The van der Waals surface area contributed by atoms with Crippen LogP contribution in [0.25, 0.3) is 5.69 Å². The van der Waals surface area contributed by atoms with Crippen LogP contribution >= 0.6 is 0 Å². The fourth-order valence-electron chi connectivity index (χ4n) is 1.98. The van der Waals surface area contributed by atoms with Crippen LogP contribution in [0.2, 0.25) is 0 Å². The molecule has 0 bridgehead atoms. The van der Waals surface area contributed by atoms with Gasteiger partial charge in [-0.1, -0.05) is 12.1 Å². The lowest BCUT2D eigenvalue weighted by Gasteiger charge is -2.09. The summed E-state index contributed by atoms with van der Waals surface area (Å²) in [6, 6.07) is 8.58. The van der Waals surface area contributed by atoms with Gasteiger partial charge in [-0.2, -0.15) is 0 Å². The molecule has 0 fully saturated rings. The minimum absolute atomic E-state index is 0.134. The van der Waals surface area contributed by atoms with E-state index in [0.717, 1.165) is 0 Å². The van der Waals surface area contributed by atoms with Gasteiger partial charge in [-0.05, 0) is 25.1 Å². The zero-order chi connectivity index (χ0) is 15.6. The summed E-state index contributed by atoms with van der Waals surface area (Å²) in [5.41, 5.74) is -0.0809. The summed E-state index contributed by atoms with van der Waals surface area (Å²) in [4.78, 5) is 21.5. The van der Waals surface area contributed by atoms with E-state index in [1.54, 1.807) is 6.07 Å². The number of nitrogens with zero attached hydrogens (tertiary/aromatic N) is 2. The quantitative estimate of drug-likeness (QED) is 0.619. The normalized spacial score (nSPS) is 11.3. The monoisotopic (exact) mass is 308 g/mol. The van der Waals surface area contributed by atoms with Gasteiger partial charge in [0.1, 0.15) is 22.2 Å². The van der Waals surface area contributed by atoms with Gasteiger partial charge >= 0.3 is 0 Å². The summed E-state index contributed by atoms with van der Waals surface area (Å²) in [5.74, 6) is -1.14. The average Bonchev–Trinajstić information content (AvgIpc) is 2.87. The smallest absolute Gasteiger partial charge is 0.293 e. The lowest BCUT2D eigenvalue weighted by Crippen LogP contribution is -2.17. The summed E-state index contributed by atoms with van der Waals surface area (Å²) >= 11 is 0. The van der Waals surface area contributed by atoms with Crippen molar-refractivity contribution >= 4 is 21.3 Å². The Morgan fingerprint density at radius 2 is 1.90 bits per heavy atom. The number of ketones is 1. The zero-order valence-corrected chi connectivity index (χ0v) is 11.9. The highest BCUT2D eigenvalue weighted by molar-refractivity contribution is 7.92. The van der Waals surface area contributed by atoms with E-state index in [9.17, 15) is 23.3 Å². The van der Waals surface area contributed by atoms with Crippen LogP contribution in [0.1, 0.15) is 6.92 Å². The maximum absolute atomic E-state index is 12.2. The van der Waals surface area contributed by atoms with Crippen molar-refractivity contribution in [1.29, 1.82) is 0 Å². The zero-order valence-electron chi connectivity index (χ0n) is 11.1. The molecule has 0 spiro atoms. The van der Waals surface area contributed by atoms with Crippen LogP contribution in [0.15, 0.2) is 47.6 Å². The molecule has 0 N–H and O–H groups in total. The van der Waals surface area contributed by atoms with E-state index in [2.05, 4.69) is 0 Å². The van der Waals surface area contributed by atoms with Crippen molar-refractivity contribution in [2.75, 3.05) is 5.75 Å². The lowest BCUT2D eigenvalue weighted by molar-refractivity contribution is -0.384. The Hall–Kier alpha value is -2.48. The minimum atomic E-state index is -3.85. The number of aromatic nitrogens is 1. The molecule has 0 aliphatic heterocycles. The number of nitro benzene ring substituents is 1. The molecule has 2 rings (SSSR count). The molecular weight excluding hydrogens is 296 g/mol. The molecule has 0 amide bonds. The number of nitro groups is 1. The first-order valence-corrected chi connectivity index (χ1v) is 7.61. The average molecular weight is 308 g/mol. The molecule has 1 aromatic carbocycles. The standard InChI is InChI=1S/C13H12N2O5S/c1-10(16)9-21(19,20)13-7-4-8-14(13)11-5-2-3-6-12(11)15(17)18/h2-8H,9H2,1H3.